The molecule has 10 nitrogen and oxygen atoms in total. The Balaban J connectivity index is 4.53. The number of unbranched alkanes of at least 4 members (excludes halogenated alkanes) is 11. The van der Waals surface area contributed by atoms with Crippen LogP contribution in [-0.4, -0.2) is 86.1 Å². The number of rotatable bonds is 35. The number of aliphatic hydroxyl groups is 1. The molecule has 0 aliphatic carbocycles. The lowest BCUT2D eigenvalue weighted by Gasteiger charge is -2.24. The van der Waals surface area contributed by atoms with Crippen molar-refractivity contribution in [2.45, 2.75) is 148 Å². The van der Waals surface area contributed by atoms with Crippen LogP contribution < -0.4 is 0 Å². The van der Waals surface area contributed by atoms with Gasteiger partial charge < -0.3 is 24.0 Å². The number of aliphatic hydroxyl groups excluding tert-OH is 1. The summed E-state index contributed by atoms with van der Waals surface area (Å²) in [5, 5.41) is 9.76. The molecule has 0 heterocycles. The van der Waals surface area contributed by atoms with E-state index in [1.54, 1.807) is 0 Å². The molecule has 0 aromatic rings. The normalized spacial score (nSPS) is 14.9. The monoisotopic (exact) mass is 769 g/mol. The number of phosphoric ester groups is 1. The van der Waals surface area contributed by atoms with Crippen LogP contribution in [0.5, 0.6) is 0 Å². The first-order chi connectivity index (χ1) is 25.4. The van der Waals surface area contributed by atoms with Gasteiger partial charge in [0.1, 0.15) is 19.8 Å². The molecule has 0 aromatic carbocycles. The van der Waals surface area contributed by atoms with Crippen molar-refractivity contribution in [2.24, 2.45) is 0 Å². The van der Waals surface area contributed by atoms with E-state index in [2.05, 4.69) is 31.2 Å². The molecule has 0 fully saturated rings. The first-order valence-corrected chi connectivity index (χ1v) is 21.6. The number of hydrogen-bond donors (Lipinski definition) is 2. The third-order valence-electron chi connectivity index (χ3n) is 8.14. The molecule has 0 radical (unpaired) electrons. The number of hydrogen-bond acceptors (Lipinski definition) is 8. The van der Waals surface area contributed by atoms with Crippen LogP contribution in [-0.2, 0) is 32.7 Å². The van der Waals surface area contributed by atoms with Gasteiger partial charge in [-0.1, -0.05) is 139 Å². The summed E-state index contributed by atoms with van der Waals surface area (Å²) in [5.74, 6) is -0.896. The van der Waals surface area contributed by atoms with Gasteiger partial charge >= 0.3 is 19.8 Å². The predicted octanol–water partition coefficient (Wildman–Crippen LogP) is 9.87. The lowest BCUT2D eigenvalue weighted by atomic mass is 10.1. The maximum Gasteiger partial charge on any atom is 0.472 e. The standard InChI is InChI=1S/C42H74NO9P/c1-6-8-10-11-12-13-16-21-24-27-30-34-42(46)52-40(38-51-53(47,48)50-36-35-43(3,4)5)37-49-41(45)33-29-26-23-20-18-15-14-17-19-22-25-28-32-39(44)31-9-7-2/h9,14-15,19-20,22-23,25,28,31,39-40,44H,6-8,10-13,16-18,21,24,26-27,29-30,32-38H2,1-5H3/p+1/b15-14-,22-19-,23-20-,28-25+,31-9-/t39?,40-/m1/s1. The second kappa shape index (κ2) is 34.2. The van der Waals surface area contributed by atoms with Gasteiger partial charge in [-0.15, -0.1) is 0 Å². The van der Waals surface area contributed by atoms with Gasteiger partial charge in [0.05, 0.1) is 33.9 Å². The maximum atomic E-state index is 12.6. The Labute approximate surface area is 322 Å². The molecular weight excluding hydrogens is 693 g/mol. The van der Waals surface area contributed by atoms with Crippen LogP contribution in [0.4, 0.5) is 0 Å². The summed E-state index contributed by atoms with van der Waals surface area (Å²) in [4.78, 5) is 35.2. The molecular formula is C42H75NO9P+. The van der Waals surface area contributed by atoms with Gasteiger partial charge in [-0.25, -0.2) is 4.57 Å². The topological polar surface area (TPSA) is 129 Å². The van der Waals surface area contributed by atoms with Gasteiger partial charge in [0.25, 0.3) is 0 Å². The second-order valence-electron chi connectivity index (χ2n) is 14.5. The first kappa shape index (κ1) is 50.7. The molecule has 2 unspecified atom stereocenters. The van der Waals surface area contributed by atoms with E-state index in [0.717, 1.165) is 38.5 Å². The van der Waals surface area contributed by atoms with Crippen LogP contribution in [0.1, 0.15) is 136 Å². The largest absolute Gasteiger partial charge is 0.472 e. The van der Waals surface area contributed by atoms with E-state index in [1.165, 1.54) is 44.9 Å². The van der Waals surface area contributed by atoms with Crippen molar-refractivity contribution in [2.75, 3.05) is 47.5 Å². The van der Waals surface area contributed by atoms with Crippen molar-refractivity contribution < 1.29 is 47.2 Å². The Morgan fingerprint density at radius 3 is 1.92 bits per heavy atom. The van der Waals surface area contributed by atoms with Gasteiger partial charge in [-0.3, -0.25) is 18.6 Å². The average Bonchev–Trinajstić information content (AvgIpc) is 3.10. The van der Waals surface area contributed by atoms with E-state index in [9.17, 15) is 24.2 Å². The summed E-state index contributed by atoms with van der Waals surface area (Å²) in [6.07, 6.45) is 36.2. The smallest absolute Gasteiger partial charge is 0.462 e. The van der Waals surface area contributed by atoms with Gasteiger partial charge in [0.2, 0.25) is 0 Å². The van der Waals surface area contributed by atoms with Gasteiger partial charge in [0, 0.05) is 12.8 Å². The fraction of sp³-hybridized carbons (Fsp3) is 0.714. The molecule has 0 aromatic heterocycles. The molecule has 306 valence electrons. The van der Waals surface area contributed by atoms with Crippen molar-refractivity contribution in [1.29, 1.82) is 0 Å². The molecule has 11 heteroatoms. The number of ether oxygens (including phenoxy) is 2. The lowest BCUT2D eigenvalue weighted by molar-refractivity contribution is -0.870. The SMILES string of the molecule is CC/C=C\C(O)C/C=C/C=C\C/C=C\C/C=C\CCCC(=O)OC[C@H](COP(=O)(O)OCC[N+](C)(C)C)OC(=O)CCCCCCCCCCCCC. The fourth-order valence-electron chi connectivity index (χ4n) is 4.95. The van der Waals surface area contributed by atoms with E-state index >= 15 is 0 Å². The van der Waals surface area contributed by atoms with Crippen molar-refractivity contribution in [1.82, 2.24) is 0 Å². The molecule has 0 amide bonds. The van der Waals surface area contributed by atoms with Gasteiger partial charge in [-0.2, -0.15) is 0 Å². The Bertz CT molecular complexity index is 1110. The number of likely N-dealkylation sites (N-methyl/N-ethyl adjacent to an activating group) is 1. The highest BCUT2D eigenvalue weighted by molar-refractivity contribution is 7.47. The van der Waals surface area contributed by atoms with E-state index in [-0.39, 0.29) is 26.1 Å². The average molecular weight is 769 g/mol. The molecule has 3 atom stereocenters. The molecule has 0 bridgehead atoms. The Morgan fingerprint density at radius 2 is 1.28 bits per heavy atom. The molecule has 2 N–H and O–H groups in total. The zero-order valence-electron chi connectivity index (χ0n) is 33.8. The zero-order chi connectivity index (χ0) is 39.5. The first-order valence-electron chi connectivity index (χ1n) is 20.1. The van der Waals surface area contributed by atoms with E-state index in [4.69, 9.17) is 18.5 Å². The highest BCUT2D eigenvalue weighted by Crippen LogP contribution is 2.43. The predicted molar refractivity (Wildman–Crippen MR) is 216 cm³/mol. The van der Waals surface area contributed by atoms with Gasteiger partial charge in [-0.05, 0) is 44.9 Å². The zero-order valence-corrected chi connectivity index (χ0v) is 34.7. The number of carbonyl (C=O) groups excluding carboxylic acids is 2. The van der Waals surface area contributed by atoms with E-state index in [1.807, 2.05) is 64.5 Å². The Morgan fingerprint density at radius 1 is 0.698 bits per heavy atom. The van der Waals surface area contributed by atoms with Crippen LogP contribution in [0.2, 0.25) is 0 Å². The highest BCUT2D eigenvalue weighted by atomic mass is 31.2. The second-order valence-corrected chi connectivity index (χ2v) is 15.9. The molecule has 0 spiro atoms. The maximum absolute atomic E-state index is 12.6. The fourth-order valence-corrected chi connectivity index (χ4v) is 5.69. The van der Waals surface area contributed by atoms with E-state index in [0.29, 0.717) is 36.7 Å². The minimum absolute atomic E-state index is 0.0142. The number of phosphoric acid groups is 1. The highest BCUT2D eigenvalue weighted by Gasteiger charge is 2.27. The quantitative estimate of drug-likeness (QED) is 0.0162. The summed E-state index contributed by atoms with van der Waals surface area (Å²) >= 11 is 0. The van der Waals surface area contributed by atoms with Crippen molar-refractivity contribution >= 4 is 19.8 Å². The van der Waals surface area contributed by atoms with E-state index < -0.39 is 38.6 Å². The number of carbonyl (C=O) groups is 2. The van der Waals surface area contributed by atoms with Crippen LogP contribution in [0, 0.1) is 0 Å². The minimum Gasteiger partial charge on any atom is -0.462 e. The summed E-state index contributed by atoms with van der Waals surface area (Å²) in [7, 11) is 1.41. The van der Waals surface area contributed by atoms with Crippen molar-refractivity contribution in [3.05, 3.63) is 60.8 Å². The molecule has 0 aliphatic heterocycles. The Kier molecular flexibility index (Phi) is 32.7. The minimum atomic E-state index is -4.39. The van der Waals surface area contributed by atoms with Crippen molar-refractivity contribution in [3.8, 4) is 0 Å². The third kappa shape index (κ3) is 37.8. The molecule has 0 rings (SSSR count). The summed E-state index contributed by atoms with van der Waals surface area (Å²) in [5.41, 5.74) is 0. The van der Waals surface area contributed by atoms with Gasteiger partial charge in [0.15, 0.2) is 6.10 Å². The Hall–Kier alpha value is -2.33. The van der Waals surface area contributed by atoms with Crippen LogP contribution >= 0.6 is 7.82 Å². The number of quaternary nitrogens is 1. The summed E-state index contributed by atoms with van der Waals surface area (Å²) in [6, 6.07) is 0. The van der Waals surface area contributed by atoms with Crippen LogP contribution in [0.25, 0.3) is 0 Å². The molecule has 0 aliphatic rings. The molecule has 0 saturated carbocycles. The lowest BCUT2D eigenvalue weighted by Crippen LogP contribution is -2.37. The summed E-state index contributed by atoms with van der Waals surface area (Å²) < 4.78 is 34.1. The molecule has 53 heavy (non-hydrogen) atoms. The number of nitrogens with zero attached hydrogens (tertiary/aromatic N) is 1. The molecule has 0 saturated heterocycles. The van der Waals surface area contributed by atoms with Crippen molar-refractivity contribution in [3.63, 3.8) is 0 Å². The number of esters is 2. The summed E-state index contributed by atoms with van der Waals surface area (Å²) in [6.45, 7) is 4.07. The number of allylic oxidation sites excluding steroid dienone is 8. The van der Waals surface area contributed by atoms with Crippen LogP contribution in [0.3, 0.4) is 0 Å². The van der Waals surface area contributed by atoms with Crippen LogP contribution in [0.15, 0.2) is 60.8 Å². The third-order valence-corrected chi connectivity index (χ3v) is 9.12.